The standard InChI is InChI=1S/C13H21N5O/c1-9-11-12(18-5-3-17(2)4-6-18)10(14)7-19-13(11)16-8-15-9/h8,10,12H,3-7,14H2,1-2H3. The zero-order valence-corrected chi connectivity index (χ0v) is 11.5. The number of piperazine rings is 1. The monoisotopic (exact) mass is 263 g/mol. The van der Waals surface area contributed by atoms with Crippen LogP contribution in [0.1, 0.15) is 17.3 Å². The first-order valence-electron chi connectivity index (χ1n) is 6.79. The lowest BCUT2D eigenvalue weighted by atomic mass is 9.95. The minimum atomic E-state index is -0.0133. The Hall–Kier alpha value is -1.24. The third-order valence-corrected chi connectivity index (χ3v) is 4.09. The van der Waals surface area contributed by atoms with Crippen molar-refractivity contribution in [1.29, 1.82) is 0 Å². The van der Waals surface area contributed by atoms with E-state index in [0.29, 0.717) is 12.5 Å². The molecule has 0 spiro atoms. The van der Waals surface area contributed by atoms with Gasteiger partial charge in [-0.1, -0.05) is 0 Å². The van der Waals surface area contributed by atoms with Gasteiger partial charge in [0.15, 0.2) is 0 Å². The Morgan fingerprint density at radius 2 is 2.00 bits per heavy atom. The van der Waals surface area contributed by atoms with E-state index in [9.17, 15) is 0 Å². The number of likely N-dealkylation sites (N-methyl/N-ethyl adjacent to an activating group) is 1. The molecule has 0 saturated carbocycles. The van der Waals surface area contributed by atoms with Crippen molar-refractivity contribution in [3.8, 4) is 5.88 Å². The smallest absolute Gasteiger partial charge is 0.221 e. The summed E-state index contributed by atoms with van der Waals surface area (Å²) >= 11 is 0. The first-order valence-corrected chi connectivity index (χ1v) is 6.79. The van der Waals surface area contributed by atoms with Crippen LogP contribution in [0.2, 0.25) is 0 Å². The van der Waals surface area contributed by atoms with Crippen molar-refractivity contribution in [3.63, 3.8) is 0 Å². The van der Waals surface area contributed by atoms with Crippen molar-refractivity contribution in [2.24, 2.45) is 5.73 Å². The fraction of sp³-hybridized carbons (Fsp3) is 0.692. The molecule has 0 radical (unpaired) electrons. The second-order valence-electron chi connectivity index (χ2n) is 5.44. The summed E-state index contributed by atoms with van der Waals surface area (Å²) in [4.78, 5) is 13.3. The zero-order chi connectivity index (χ0) is 13.4. The van der Waals surface area contributed by atoms with E-state index in [2.05, 4.69) is 26.8 Å². The molecular formula is C13H21N5O. The molecule has 1 fully saturated rings. The molecule has 2 N–H and O–H groups in total. The van der Waals surface area contributed by atoms with Gasteiger partial charge in [-0.3, -0.25) is 4.90 Å². The molecule has 2 unspecified atom stereocenters. The number of aromatic nitrogens is 2. The second-order valence-corrected chi connectivity index (χ2v) is 5.44. The molecule has 1 aromatic heterocycles. The molecular weight excluding hydrogens is 242 g/mol. The lowest BCUT2D eigenvalue weighted by molar-refractivity contribution is 0.0697. The van der Waals surface area contributed by atoms with Gasteiger partial charge in [0.25, 0.3) is 0 Å². The van der Waals surface area contributed by atoms with Gasteiger partial charge in [-0.25, -0.2) is 9.97 Å². The number of aryl methyl sites for hydroxylation is 1. The Bertz CT molecular complexity index is 458. The molecule has 0 bridgehead atoms. The maximum atomic E-state index is 6.29. The van der Waals surface area contributed by atoms with Crippen LogP contribution in [0.5, 0.6) is 5.88 Å². The minimum absolute atomic E-state index is 0.0133. The molecule has 6 heteroatoms. The summed E-state index contributed by atoms with van der Waals surface area (Å²) < 4.78 is 5.65. The van der Waals surface area contributed by atoms with Crippen molar-refractivity contribution < 1.29 is 4.74 Å². The van der Waals surface area contributed by atoms with Gasteiger partial charge < -0.3 is 15.4 Å². The van der Waals surface area contributed by atoms with E-state index < -0.39 is 0 Å². The molecule has 19 heavy (non-hydrogen) atoms. The van der Waals surface area contributed by atoms with Crippen molar-refractivity contribution in [3.05, 3.63) is 17.6 Å². The fourth-order valence-electron chi connectivity index (χ4n) is 2.95. The molecule has 2 aliphatic heterocycles. The van der Waals surface area contributed by atoms with E-state index >= 15 is 0 Å². The van der Waals surface area contributed by atoms with Gasteiger partial charge in [-0.2, -0.15) is 0 Å². The van der Waals surface area contributed by atoms with E-state index in [1.54, 1.807) is 6.33 Å². The highest BCUT2D eigenvalue weighted by Gasteiger charge is 2.36. The van der Waals surface area contributed by atoms with E-state index in [-0.39, 0.29) is 12.1 Å². The van der Waals surface area contributed by atoms with Crippen LogP contribution >= 0.6 is 0 Å². The van der Waals surface area contributed by atoms with Crippen molar-refractivity contribution in [1.82, 2.24) is 19.8 Å². The Morgan fingerprint density at radius 1 is 1.26 bits per heavy atom. The Labute approximate surface area is 113 Å². The maximum Gasteiger partial charge on any atom is 0.221 e. The van der Waals surface area contributed by atoms with Crippen molar-refractivity contribution in [2.45, 2.75) is 19.0 Å². The largest absolute Gasteiger partial charge is 0.476 e. The molecule has 1 saturated heterocycles. The summed E-state index contributed by atoms with van der Waals surface area (Å²) in [5.74, 6) is 0.707. The number of fused-ring (bicyclic) bond motifs is 1. The zero-order valence-electron chi connectivity index (χ0n) is 11.5. The average molecular weight is 263 g/mol. The fourth-order valence-corrected chi connectivity index (χ4v) is 2.95. The summed E-state index contributed by atoms with van der Waals surface area (Å²) in [5.41, 5.74) is 8.34. The molecule has 3 heterocycles. The predicted molar refractivity (Wildman–Crippen MR) is 72.1 cm³/mol. The number of nitrogens with zero attached hydrogens (tertiary/aromatic N) is 4. The number of nitrogens with two attached hydrogens (primary N) is 1. The Balaban J connectivity index is 1.92. The predicted octanol–water partition coefficient (Wildman–Crippen LogP) is -0.207. The first-order chi connectivity index (χ1) is 9.16. The molecule has 1 aromatic rings. The van der Waals surface area contributed by atoms with Crippen molar-refractivity contribution >= 4 is 0 Å². The van der Waals surface area contributed by atoms with Gasteiger partial charge in [0, 0.05) is 31.9 Å². The van der Waals surface area contributed by atoms with Crippen LogP contribution in [-0.2, 0) is 0 Å². The Morgan fingerprint density at radius 3 is 2.74 bits per heavy atom. The minimum Gasteiger partial charge on any atom is -0.476 e. The molecule has 2 atom stereocenters. The maximum absolute atomic E-state index is 6.29. The van der Waals surface area contributed by atoms with Gasteiger partial charge in [0.1, 0.15) is 12.9 Å². The normalized spacial score (nSPS) is 28.8. The summed E-state index contributed by atoms with van der Waals surface area (Å²) in [6, 6.07) is 0.166. The summed E-state index contributed by atoms with van der Waals surface area (Å²) in [5, 5.41) is 0. The third kappa shape index (κ3) is 2.31. The first kappa shape index (κ1) is 12.8. The second kappa shape index (κ2) is 5.03. The molecule has 0 aliphatic carbocycles. The molecule has 6 nitrogen and oxygen atoms in total. The molecule has 104 valence electrons. The highest BCUT2D eigenvalue weighted by molar-refractivity contribution is 5.35. The number of hydrogen-bond donors (Lipinski definition) is 1. The van der Waals surface area contributed by atoms with Crippen LogP contribution in [-0.4, -0.2) is 65.6 Å². The van der Waals surface area contributed by atoms with Crippen LogP contribution < -0.4 is 10.5 Å². The van der Waals surface area contributed by atoms with Gasteiger partial charge in [-0.05, 0) is 14.0 Å². The van der Waals surface area contributed by atoms with Gasteiger partial charge in [0.05, 0.1) is 17.6 Å². The Kier molecular flexibility index (Phi) is 3.38. The molecule has 0 aromatic carbocycles. The summed E-state index contributed by atoms with van der Waals surface area (Å²) in [6.45, 7) is 6.75. The van der Waals surface area contributed by atoms with E-state index in [0.717, 1.165) is 37.4 Å². The third-order valence-electron chi connectivity index (χ3n) is 4.09. The van der Waals surface area contributed by atoms with E-state index in [4.69, 9.17) is 10.5 Å². The van der Waals surface area contributed by atoms with Crippen molar-refractivity contribution in [2.75, 3.05) is 39.8 Å². The van der Waals surface area contributed by atoms with Crippen LogP contribution in [0.3, 0.4) is 0 Å². The van der Waals surface area contributed by atoms with Crippen LogP contribution in [0.15, 0.2) is 6.33 Å². The number of hydrogen-bond acceptors (Lipinski definition) is 6. The highest BCUT2D eigenvalue weighted by atomic mass is 16.5. The number of ether oxygens (including phenoxy) is 1. The van der Waals surface area contributed by atoms with Gasteiger partial charge in [-0.15, -0.1) is 0 Å². The lowest BCUT2D eigenvalue weighted by Gasteiger charge is -2.42. The van der Waals surface area contributed by atoms with Gasteiger partial charge >= 0.3 is 0 Å². The van der Waals surface area contributed by atoms with Crippen LogP contribution in [0.4, 0.5) is 0 Å². The van der Waals surface area contributed by atoms with Gasteiger partial charge in [0.2, 0.25) is 5.88 Å². The van der Waals surface area contributed by atoms with E-state index in [1.165, 1.54) is 0 Å². The summed E-state index contributed by atoms with van der Waals surface area (Å²) in [7, 11) is 2.16. The van der Waals surface area contributed by atoms with Crippen LogP contribution in [0.25, 0.3) is 0 Å². The summed E-state index contributed by atoms with van der Waals surface area (Å²) in [6.07, 6.45) is 1.56. The average Bonchev–Trinajstić information content (AvgIpc) is 2.41. The topological polar surface area (TPSA) is 67.5 Å². The quantitative estimate of drug-likeness (QED) is 0.756. The number of rotatable bonds is 1. The highest BCUT2D eigenvalue weighted by Crippen LogP contribution is 2.35. The molecule has 2 aliphatic rings. The SMILES string of the molecule is Cc1ncnc2c1C(N1CCN(C)CC1)C(N)CO2. The van der Waals surface area contributed by atoms with E-state index in [1.807, 2.05) is 6.92 Å². The molecule has 3 rings (SSSR count). The van der Waals surface area contributed by atoms with Crippen LogP contribution in [0, 0.1) is 6.92 Å². The molecule has 0 amide bonds. The lowest BCUT2D eigenvalue weighted by Crippen LogP contribution is -2.53.